The van der Waals surface area contributed by atoms with E-state index < -0.39 is 5.82 Å². The lowest BCUT2D eigenvalue weighted by molar-refractivity contribution is 0.103. The van der Waals surface area contributed by atoms with Crippen molar-refractivity contribution in [2.45, 2.75) is 25.2 Å². The van der Waals surface area contributed by atoms with Crippen LogP contribution in [0.1, 0.15) is 46.7 Å². The molecule has 20 heavy (non-hydrogen) atoms. The Morgan fingerprint density at radius 3 is 2.60 bits per heavy atom. The van der Waals surface area contributed by atoms with Gasteiger partial charge in [-0.3, -0.25) is 4.79 Å². The van der Waals surface area contributed by atoms with Crippen molar-refractivity contribution < 1.29 is 9.18 Å². The molecular weight excluding hydrogens is 275 g/mol. The lowest BCUT2D eigenvalue weighted by atomic mass is 9.79. The summed E-state index contributed by atoms with van der Waals surface area (Å²) in [5.74, 6) is -0.0163. The molecule has 0 radical (unpaired) electrons. The van der Waals surface area contributed by atoms with E-state index >= 15 is 0 Å². The molecule has 0 unspecified atom stereocenters. The van der Waals surface area contributed by atoms with E-state index in [0.29, 0.717) is 17.0 Å². The Hall–Kier alpha value is -1.67. The van der Waals surface area contributed by atoms with E-state index in [-0.39, 0.29) is 10.8 Å². The van der Waals surface area contributed by atoms with Crippen LogP contribution in [0.15, 0.2) is 42.5 Å². The highest BCUT2D eigenvalue weighted by Gasteiger charge is 2.21. The largest absolute Gasteiger partial charge is 0.289 e. The van der Waals surface area contributed by atoms with Crippen molar-refractivity contribution >= 4 is 17.4 Å². The highest BCUT2D eigenvalue weighted by molar-refractivity contribution is 6.35. The minimum absolute atomic E-state index is 0.156. The van der Waals surface area contributed by atoms with Gasteiger partial charge in [0.15, 0.2) is 5.78 Å². The molecule has 1 aliphatic rings. The second-order valence-electron chi connectivity index (χ2n) is 5.21. The van der Waals surface area contributed by atoms with E-state index in [9.17, 15) is 9.18 Å². The van der Waals surface area contributed by atoms with Gasteiger partial charge in [0.1, 0.15) is 5.82 Å². The summed E-state index contributed by atoms with van der Waals surface area (Å²) in [6.07, 6.45) is 3.64. The molecule has 3 heteroatoms. The standard InChI is InChI=1S/C17H14ClFO/c18-16-10-14(19)7-8-15(16)17(20)13-6-2-5-12(9-13)11-3-1-4-11/h2,5-11H,1,3-4H2. The topological polar surface area (TPSA) is 17.1 Å². The number of benzene rings is 2. The first-order valence-corrected chi connectivity index (χ1v) is 7.12. The van der Waals surface area contributed by atoms with E-state index in [1.807, 2.05) is 12.1 Å². The summed E-state index contributed by atoms with van der Waals surface area (Å²) in [5.41, 5.74) is 2.17. The molecule has 0 aromatic heterocycles. The Morgan fingerprint density at radius 2 is 1.95 bits per heavy atom. The maximum atomic E-state index is 13.0. The van der Waals surface area contributed by atoms with Crippen LogP contribution in [-0.2, 0) is 0 Å². The summed E-state index contributed by atoms with van der Waals surface area (Å²) in [5, 5.41) is 0.157. The SMILES string of the molecule is O=C(c1cccc(C2CCC2)c1)c1ccc(F)cc1Cl. The van der Waals surface area contributed by atoms with Crippen molar-refractivity contribution in [3.63, 3.8) is 0 Å². The predicted molar refractivity (Wildman–Crippen MR) is 77.9 cm³/mol. The van der Waals surface area contributed by atoms with Crippen LogP contribution in [0.3, 0.4) is 0 Å². The molecule has 0 amide bonds. The Bertz CT molecular complexity index is 662. The van der Waals surface area contributed by atoms with Crippen molar-refractivity contribution in [3.05, 3.63) is 70.0 Å². The highest BCUT2D eigenvalue weighted by Crippen LogP contribution is 2.36. The zero-order chi connectivity index (χ0) is 14.1. The summed E-state index contributed by atoms with van der Waals surface area (Å²) in [7, 11) is 0. The van der Waals surface area contributed by atoms with Crippen molar-refractivity contribution in [2.75, 3.05) is 0 Å². The molecular formula is C17H14ClFO. The smallest absolute Gasteiger partial charge is 0.194 e. The number of carbonyl (C=O) groups is 1. The zero-order valence-electron chi connectivity index (χ0n) is 10.9. The minimum atomic E-state index is -0.435. The van der Waals surface area contributed by atoms with Gasteiger partial charge in [0.05, 0.1) is 5.02 Å². The molecule has 1 aliphatic carbocycles. The Balaban J connectivity index is 1.93. The maximum absolute atomic E-state index is 13.0. The molecule has 0 aliphatic heterocycles. The summed E-state index contributed by atoms with van der Waals surface area (Å²) < 4.78 is 13.0. The molecule has 1 saturated carbocycles. The quantitative estimate of drug-likeness (QED) is 0.728. The van der Waals surface area contributed by atoms with Crippen LogP contribution in [0.5, 0.6) is 0 Å². The Kier molecular flexibility index (Phi) is 3.58. The van der Waals surface area contributed by atoms with Gasteiger partial charge >= 0.3 is 0 Å². The second-order valence-corrected chi connectivity index (χ2v) is 5.61. The Labute approximate surface area is 122 Å². The number of ketones is 1. The van der Waals surface area contributed by atoms with Crippen LogP contribution in [0.2, 0.25) is 5.02 Å². The van der Waals surface area contributed by atoms with E-state index in [0.717, 1.165) is 0 Å². The van der Waals surface area contributed by atoms with Gasteiger partial charge in [-0.2, -0.15) is 0 Å². The Morgan fingerprint density at radius 1 is 1.15 bits per heavy atom. The molecule has 0 bridgehead atoms. The van der Waals surface area contributed by atoms with Gasteiger partial charge in [-0.25, -0.2) is 4.39 Å². The number of rotatable bonds is 3. The van der Waals surface area contributed by atoms with Gasteiger partial charge in [-0.15, -0.1) is 0 Å². The number of hydrogen-bond donors (Lipinski definition) is 0. The molecule has 1 fully saturated rings. The van der Waals surface area contributed by atoms with Crippen molar-refractivity contribution in [1.29, 1.82) is 0 Å². The monoisotopic (exact) mass is 288 g/mol. The van der Waals surface area contributed by atoms with Crippen LogP contribution in [0, 0.1) is 5.82 Å². The van der Waals surface area contributed by atoms with Crippen LogP contribution in [0.4, 0.5) is 4.39 Å². The third-order valence-corrected chi connectivity index (χ3v) is 4.21. The first kappa shape index (κ1) is 13.3. The summed E-state index contributed by atoms with van der Waals surface area (Å²) >= 11 is 5.95. The van der Waals surface area contributed by atoms with E-state index in [2.05, 4.69) is 6.07 Å². The predicted octanol–water partition coefficient (Wildman–Crippen LogP) is 4.98. The van der Waals surface area contributed by atoms with Crippen molar-refractivity contribution in [3.8, 4) is 0 Å². The molecule has 3 rings (SSSR count). The van der Waals surface area contributed by atoms with Crippen LogP contribution in [-0.4, -0.2) is 5.78 Å². The van der Waals surface area contributed by atoms with Crippen LogP contribution >= 0.6 is 11.6 Å². The molecule has 2 aromatic carbocycles. The van der Waals surface area contributed by atoms with Gasteiger partial charge in [-0.05, 0) is 48.6 Å². The molecule has 102 valence electrons. The number of carbonyl (C=O) groups excluding carboxylic acids is 1. The minimum Gasteiger partial charge on any atom is -0.289 e. The maximum Gasteiger partial charge on any atom is 0.194 e. The first-order chi connectivity index (χ1) is 9.65. The highest BCUT2D eigenvalue weighted by atomic mass is 35.5. The second kappa shape index (κ2) is 5.37. The molecule has 0 N–H and O–H groups in total. The van der Waals surface area contributed by atoms with Crippen LogP contribution < -0.4 is 0 Å². The van der Waals surface area contributed by atoms with E-state index in [4.69, 9.17) is 11.6 Å². The molecule has 0 saturated heterocycles. The summed E-state index contributed by atoms with van der Waals surface area (Å²) in [6.45, 7) is 0. The third kappa shape index (κ3) is 2.48. The fourth-order valence-electron chi connectivity index (χ4n) is 2.50. The average Bonchev–Trinajstić information content (AvgIpc) is 2.36. The fourth-order valence-corrected chi connectivity index (χ4v) is 2.76. The van der Waals surface area contributed by atoms with Crippen LogP contribution in [0.25, 0.3) is 0 Å². The van der Waals surface area contributed by atoms with Gasteiger partial charge in [0.25, 0.3) is 0 Å². The van der Waals surface area contributed by atoms with Crippen molar-refractivity contribution in [2.24, 2.45) is 0 Å². The van der Waals surface area contributed by atoms with Gasteiger partial charge in [0, 0.05) is 11.1 Å². The summed E-state index contributed by atoms with van der Waals surface area (Å²) in [6, 6.07) is 11.6. The normalized spacial score (nSPS) is 14.9. The fraction of sp³-hybridized carbons (Fsp3) is 0.235. The number of hydrogen-bond acceptors (Lipinski definition) is 1. The zero-order valence-corrected chi connectivity index (χ0v) is 11.7. The molecule has 0 spiro atoms. The molecule has 0 atom stereocenters. The molecule has 1 nitrogen and oxygen atoms in total. The third-order valence-electron chi connectivity index (χ3n) is 3.90. The lowest BCUT2D eigenvalue weighted by Gasteiger charge is -2.26. The van der Waals surface area contributed by atoms with Gasteiger partial charge in [0.2, 0.25) is 0 Å². The van der Waals surface area contributed by atoms with Crippen molar-refractivity contribution in [1.82, 2.24) is 0 Å². The van der Waals surface area contributed by atoms with E-state index in [1.54, 1.807) is 6.07 Å². The van der Waals surface area contributed by atoms with Gasteiger partial charge in [-0.1, -0.05) is 36.2 Å². The average molecular weight is 289 g/mol. The molecule has 2 aromatic rings. The van der Waals surface area contributed by atoms with E-state index in [1.165, 1.54) is 43.0 Å². The lowest BCUT2D eigenvalue weighted by Crippen LogP contribution is -2.10. The molecule has 0 heterocycles. The number of halogens is 2. The summed E-state index contributed by atoms with van der Waals surface area (Å²) in [4.78, 5) is 12.5. The first-order valence-electron chi connectivity index (χ1n) is 6.75. The van der Waals surface area contributed by atoms with Gasteiger partial charge < -0.3 is 0 Å².